The zero-order valence-electron chi connectivity index (χ0n) is 12.6. The molecule has 0 heterocycles. The summed E-state index contributed by atoms with van der Waals surface area (Å²) in [4.78, 5) is 11.6. The first-order valence-corrected chi connectivity index (χ1v) is 6.71. The van der Waals surface area contributed by atoms with Crippen molar-refractivity contribution < 1.29 is 19.0 Å². The van der Waals surface area contributed by atoms with Crippen molar-refractivity contribution in [1.29, 1.82) is 0 Å². The van der Waals surface area contributed by atoms with Crippen molar-refractivity contribution in [1.82, 2.24) is 0 Å². The molecule has 112 valence electrons. The van der Waals surface area contributed by atoms with Gasteiger partial charge in [-0.3, -0.25) is 5.32 Å². The average molecular weight is 281 g/mol. The highest BCUT2D eigenvalue weighted by atomic mass is 16.6. The molecule has 1 N–H and O–H groups in total. The van der Waals surface area contributed by atoms with Crippen molar-refractivity contribution >= 4 is 11.8 Å². The second kappa shape index (κ2) is 7.75. The highest BCUT2D eigenvalue weighted by Crippen LogP contribution is 2.18. The molecule has 0 aliphatic rings. The molecule has 1 rings (SSSR count). The van der Waals surface area contributed by atoms with Gasteiger partial charge in [-0.05, 0) is 39.8 Å². The van der Waals surface area contributed by atoms with Crippen LogP contribution in [0.2, 0.25) is 0 Å². The number of rotatable bonds is 6. The van der Waals surface area contributed by atoms with Gasteiger partial charge in [0.1, 0.15) is 18.0 Å². The van der Waals surface area contributed by atoms with E-state index in [2.05, 4.69) is 5.32 Å². The smallest absolute Gasteiger partial charge is 0.412 e. The van der Waals surface area contributed by atoms with Gasteiger partial charge >= 0.3 is 6.09 Å². The van der Waals surface area contributed by atoms with Crippen molar-refractivity contribution in [2.45, 2.75) is 33.3 Å². The molecule has 0 radical (unpaired) electrons. The maximum absolute atomic E-state index is 11.6. The fraction of sp³-hybridized carbons (Fsp3) is 0.533. The van der Waals surface area contributed by atoms with Gasteiger partial charge in [-0.15, -0.1) is 0 Å². The third kappa shape index (κ3) is 6.99. The van der Waals surface area contributed by atoms with Crippen LogP contribution in [0.15, 0.2) is 24.3 Å². The second-order valence-electron chi connectivity index (χ2n) is 5.20. The van der Waals surface area contributed by atoms with E-state index in [4.69, 9.17) is 14.2 Å². The molecule has 0 atom stereocenters. The van der Waals surface area contributed by atoms with Gasteiger partial charge in [-0.1, -0.05) is 6.07 Å². The minimum absolute atomic E-state index is 0.476. The average Bonchev–Trinajstić information content (AvgIpc) is 2.32. The lowest BCUT2D eigenvalue weighted by Crippen LogP contribution is -2.27. The van der Waals surface area contributed by atoms with Gasteiger partial charge in [0.05, 0.1) is 6.61 Å². The van der Waals surface area contributed by atoms with Crippen molar-refractivity contribution in [2.75, 3.05) is 25.1 Å². The van der Waals surface area contributed by atoms with Crippen LogP contribution in [0.1, 0.15) is 27.7 Å². The van der Waals surface area contributed by atoms with E-state index in [1.165, 1.54) is 0 Å². The Morgan fingerprint density at radius 3 is 2.65 bits per heavy atom. The van der Waals surface area contributed by atoms with Crippen LogP contribution in [-0.2, 0) is 9.47 Å². The quantitative estimate of drug-likeness (QED) is 0.811. The third-order valence-corrected chi connectivity index (χ3v) is 2.18. The van der Waals surface area contributed by atoms with Gasteiger partial charge in [0.15, 0.2) is 0 Å². The van der Waals surface area contributed by atoms with Crippen molar-refractivity contribution in [3.63, 3.8) is 0 Å². The fourth-order valence-corrected chi connectivity index (χ4v) is 1.45. The summed E-state index contributed by atoms with van der Waals surface area (Å²) in [6, 6.07) is 7.16. The Morgan fingerprint density at radius 1 is 1.25 bits per heavy atom. The molecule has 0 saturated carbocycles. The van der Waals surface area contributed by atoms with E-state index in [9.17, 15) is 4.79 Å². The zero-order chi connectivity index (χ0) is 15.0. The van der Waals surface area contributed by atoms with Gasteiger partial charge in [-0.2, -0.15) is 0 Å². The molecule has 0 unspecified atom stereocenters. The minimum atomic E-state index is -0.518. The molecular formula is C15H23NO4. The molecule has 1 aromatic carbocycles. The molecule has 5 heteroatoms. The Hall–Kier alpha value is -1.75. The summed E-state index contributed by atoms with van der Waals surface area (Å²) in [5.74, 6) is 0.679. The number of ether oxygens (including phenoxy) is 3. The molecule has 20 heavy (non-hydrogen) atoms. The second-order valence-corrected chi connectivity index (χ2v) is 5.20. The summed E-state index contributed by atoms with van der Waals surface area (Å²) in [5.41, 5.74) is 0.114. The summed E-state index contributed by atoms with van der Waals surface area (Å²) in [6.07, 6.45) is -0.482. The molecule has 1 amide bonds. The number of hydrogen-bond donors (Lipinski definition) is 1. The van der Waals surface area contributed by atoms with Crippen LogP contribution in [0.4, 0.5) is 10.5 Å². The Bertz CT molecular complexity index is 426. The third-order valence-electron chi connectivity index (χ3n) is 2.18. The van der Waals surface area contributed by atoms with Crippen LogP contribution in [0.25, 0.3) is 0 Å². The van der Waals surface area contributed by atoms with E-state index in [0.29, 0.717) is 31.3 Å². The molecule has 0 aromatic heterocycles. The molecule has 0 fully saturated rings. The van der Waals surface area contributed by atoms with E-state index >= 15 is 0 Å². The van der Waals surface area contributed by atoms with Crippen molar-refractivity contribution in [3.8, 4) is 5.75 Å². The number of hydrogen-bond acceptors (Lipinski definition) is 4. The molecule has 0 bridgehead atoms. The van der Waals surface area contributed by atoms with E-state index in [1.54, 1.807) is 12.1 Å². The standard InChI is InChI=1S/C15H23NO4/c1-5-18-9-10-19-13-8-6-7-12(11-13)16-14(17)20-15(2,3)4/h6-8,11H,5,9-10H2,1-4H3,(H,16,17). The van der Waals surface area contributed by atoms with E-state index in [1.807, 2.05) is 39.8 Å². The number of anilines is 1. The van der Waals surface area contributed by atoms with Crippen molar-refractivity contribution in [3.05, 3.63) is 24.3 Å². The lowest BCUT2D eigenvalue weighted by molar-refractivity contribution is 0.0636. The highest BCUT2D eigenvalue weighted by Gasteiger charge is 2.16. The molecule has 0 aliphatic carbocycles. The molecule has 0 saturated heterocycles. The lowest BCUT2D eigenvalue weighted by Gasteiger charge is -2.19. The van der Waals surface area contributed by atoms with Gasteiger partial charge in [-0.25, -0.2) is 4.79 Å². The van der Waals surface area contributed by atoms with Gasteiger partial charge in [0.25, 0.3) is 0 Å². The maximum Gasteiger partial charge on any atom is 0.412 e. The molecule has 0 spiro atoms. The number of carbonyl (C=O) groups excluding carboxylic acids is 1. The van der Waals surface area contributed by atoms with Gasteiger partial charge in [0, 0.05) is 18.4 Å². The van der Waals surface area contributed by atoms with E-state index in [0.717, 1.165) is 0 Å². The monoisotopic (exact) mass is 281 g/mol. The van der Waals surface area contributed by atoms with Crippen LogP contribution in [0.5, 0.6) is 5.75 Å². The minimum Gasteiger partial charge on any atom is -0.491 e. The predicted octanol–water partition coefficient (Wildman–Crippen LogP) is 3.45. The highest BCUT2D eigenvalue weighted by molar-refractivity contribution is 5.85. The first kappa shape index (κ1) is 16.3. The summed E-state index contributed by atoms with van der Waals surface area (Å²) in [7, 11) is 0. The van der Waals surface area contributed by atoms with Crippen LogP contribution in [-0.4, -0.2) is 31.5 Å². The summed E-state index contributed by atoms with van der Waals surface area (Å²) < 4.78 is 15.9. The van der Waals surface area contributed by atoms with Gasteiger partial charge < -0.3 is 14.2 Å². The summed E-state index contributed by atoms with van der Waals surface area (Å²) in [6.45, 7) is 9.08. The first-order valence-electron chi connectivity index (χ1n) is 6.71. The normalized spacial score (nSPS) is 11.0. The lowest BCUT2D eigenvalue weighted by atomic mass is 10.2. The van der Waals surface area contributed by atoms with Crippen LogP contribution in [0, 0.1) is 0 Å². The van der Waals surface area contributed by atoms with Crippen LogP contribution >= 0.6 is 0 Å². The summed E-state index contributed by atoms with van der Waals surface area (Å²) >= 11 is 0. The molecule has 1 aromatic rings. The number of nitrogens with one attached hydrogen (secondary N) is 1. The Morgan fingerprint density at radius 2 is 2.00 bits per heavy atom. The summed E-state index contributed by atoms with van der Waals surface area (Å²) in [5, 5.41) is 2.67. The Kier molecular flexibility index (Phi) is 6.31. The number of benzene rings is 1. The fourth-order valence-electron chi connectivity index (χ4n) is 1.45. The largest absolute Gasteiger partial charge is 0.491 e. The van der Waals surface area contributed by atoms with Gasteiger partial charge in [0.2, 0.25) is 0 Å². The predicted molar refractivity (Wildman–Crippen MR) is 78.3 cm³/mol. The van der Waals surface area contributed by atoms with E-state index in [-0.39, 0.29) is 0 Å². The zero-order valence-corrected chi connectivity index (χ0v) is 12.6. The van der Waals surface area contributed by atoms with E-state index < -0.39 is 11.7 Å². The molecule has 0 aliphatic heterocycles. The number of amides is 1. The Labute approximate surface area is 120 Å². The SMILES string of the molecule is CCOCCOc1cccc(NC(=O)OC(C)(C)C)c1. The molecule has 5 nitrogen and oxygen atoms in total. The first-order chi connectivity index (χ1) is 9.40. The molecular weight excluding hydrogens is 258 g/mol. The van der Waals surface area contributed by atoms with Crippen LogP contribution in [0.3, 0.4) is 0 Å². The maximum atomic E-state index is 11.6. The van der Waals surface area contributed by atoms with Crippen LogP contribution < -0.4 is 10.1 Å². The Balaban J connectivity index is 2.49. The number of carbonyl (C=O) groups is 1. The van der Waals surface area contributed by atoms with Crippen molar-refractivity contribution in [2.24, 2.45) is 0 Å². The topological polar surface area (TPSA) is 56.8 Å².